The topological polar surface area (TPSA) is 91.4 Å². The number of unbranched alkanes of at least 4 members (excludes halogenated alkanes) is 1. The number of pyridine rings is 1. The number of hydrogen-bond acceptors (Lipinski definition) is 5. The minimum Gasteiger partial charge on any atom is -0.370 e. The molecule has 2 aromatic rings. The van der Waals surface area contributed by atoms with Gasteiger partial charge in [-0.25, -0.2) is 13.4 Å². The van der Waals surface area contributed by atoms with Gasteiger partial charge in [-0.3, -0.25) is 9.52 Å². The average Bonchev–Trinajstić information content (AvgIpc) is 2.90. The number of sulfonamides is 1. The van der Waals surface area contributed by atoms with E-state index in [-0.39, 0.29) is 17.2 Å². The maximum atomic E-state index is 12.6. The molecule has 0 atom stereocenters. The summed E-state index contributed by atoms with van der Waals surface area (Å²) in [5.41, 5.74) is 1.85. The van der Waals surface area contributed by atoms with Crippen LogP contribution >= 0.6 is 0 Å². The lowest BCUT2D eigenvalue weighted by atomic mass is 10.2. The minimum atomic E-state index is -3.74. The number of benzene rings is 1. The monoisotopic (exact) mass is 374 g/mol. The standard InChI is InChI=1S/C18H22N4O3S/c1-3-4-9-19-17-8-5-14(12-20-17)21-26(24,25)15-6-7-16-13(10-15)11-18(23)22(16)2/h5-8,10,12,21H,3-4,9,11H2,1-2H3,(H,19,20). The number of nitrogens with one attached hydrogen (secondary N) is 2. The predicted molar refractivity (Wildman–Crippen MR) is 102 cm³/mol. The SMILES string of the molecule is CCCCNc1ccc(NS(=O)(=O)c2ccc3c(c2)CC(=O)N3C)cn1. The molecule has 8 heteroatoms. The van der Waals surface area contributed by atoms with Crippen LogP contribution in [0.15, 0.2) is 41.4 Å². The van der Waals surface area contributed by atoms with E-state index in [1.807, 2.05) is 0 Å². The fourth-order valence-corrected chi connectivity index (χ4v) is 3.87. The third-order valence-electron chi connectivity index (χ3n) is 4.29. The van der Waals surface area contributed by atoms with Gasteiger partial charge in [0.05, 0.1) is 23.2 Å². The van der Waals surface area contributed by atoms with Crippen LogP contribution in [0.3, 0.4) is 0 Å². The highest BCUT2D eigenvalue weighted by atomic mass is 32.2. The van der Waals surface area contributed by atoms with Crippen molar-refractivity contribution >= 4 is 33.1 Å². The molecule has 0 saturated carbocycles. The molecule has 138 valence electrons. The first-order chi connectivity index (χ1) is 12.4. The molecule has 0 bridgehead atoms. The first-order valence-electron chi connectivity index (χ1n) is 8.53. The van der Waals surface area contributed by atoms with Gasteiger partial charge in [0.25, 0.3) is 10.0 Å². The van der Waals surface area contributed by atoms with E-state index in [0.717, 1.165) is 25.1 Å². The summed E-state index contributed by atoms with van der Waals surface area (Å²) in [5, 5.41) is 3.18. The Labute approximate surface area is 153 Å². The number of hydrogen-bond donors (Lipinski definition) is 2. The molecule has 0 fully saturated rings. The van der Waals surface area contributed by atoms with Crippen molar-refractivity contribution in [3.05, 3.63) is 42.1 Å². The molecule has 2 N–H and O–H groups in total. The van der Waals surface area contributed by atoms with Gasteiger partial charge in [0, 0.05) is 19.3 Å². The molecule has 1 aliphatic heterocycles. The van der Waals surface area contributed by atoms with Gasteiger partial charge in [-0.1, -0.05) is 13.3 Å². The number of carbonyl (C=O) groups is 1. The molecule has 1 aliphatic rings. The lowest BCUT2D eigenvalue weighted by molar-refractivity contribution is -0.117. The molecule has 0 radical (unpaired) electrons. The zero-order valence-electron chi connectivity index (χ0n) is 14.8. The predicted octanol–water partition coefficient (Wildman–Crippen LogP) is 2.61. The van der Waals surface area contributed by atoms with Gasteiger partial charge in [0.15, 0.2) is 0 Å². The summed E-state index contributed by atoms with van der Waals surface area (Å²) in [5.74, 6) is 0.665. The van der Waals surface area contributed by atoms with Crippen molar-refractivity contribution in [3.63, 3.8) is 0 Å². The molecule has 0 spiro atoms. The third kappa shape index (κ3) is 3.80. The highest BCUT2D eigenvalue weighted by Crippen LogP contribution is 2.30. The summed E-state index contributed by atoms with van der Waals surface area (Å²) < 4.78 is 27.7. The van der Waals surface area contributed by atoms with Crippen molar-refractivity contribution < 1.29 is 13.2 Å². The van der Waals surface area contributed by atoms with Gasteiger partial charge in [-0.2, -0.15) is 0 Å². The zero-order chi connectivity index (χ0) is 18.7. The normalized spacial score (nSPS) is 13.6. The van der Waals surface area contributed by atoms with Gasteiger partial charge in [0.1, 0.15) is 5.82 Å². The third-order valence-corrected chi connectivity index (χ3v) is 5.67. The Morgan fingerprint density at radius 1 is 1.23 bits per heavy atom. The molecule has 7 nitrogen and oxygen atoms in total. The molecular formula is C18H22N4O3S. The lowest BCUT2D eigenvalue weighted by Gasteiger charge is -2.12. The summed E-state index contributed by atoms with van der Waals surface area (Å²) >= 11 is 0. The zero-order valence-corrected chi connectivity index (χ0v) is 15.6. The maximum absolute atomic E-state index is 12.6. The Morgan fingerprint density at radius 2 is 2.04 bits per heavy atom. The lowest BCUT2D eigenvalue weighted by Crippen LogP contribution is -2.20. The highest BCUT2D eigenvalue weighted by molar-refractivity contribution is 7.92. The van der Waals surface area contributed by atoms with E-state index in [1.54, 1.807) is 31.3 Å². The van der Waals surface area contributed by atoms with Crippen LogP contribution in [0, 0.1) is 0 Å². The van der Waals surface area contributed by atoms with E-state index in [9.17, 15) is 13.2 Å². The molecule has 1 amide bonds. The van der Waals surface area contributed by atoms with Gasteiger partial charge in [-0.15, -0.1) is 0 Å². The van der Waals surface area contributed by atoms with Crippen LogP contribution in [0.4, 0.5) is 17.2 Å². The quantitative estimate of drug-likeness (QED) is 0.727. The summed E-state index contributed by atoms with van der Waals surface area (Å²) in [6, 6.07) is 8.12. The van der Waals surface area contributed by atoms with Crippen LogP contribution in [-0.4, -0.2) is 32.9 Å². The number of aromatic nitrogens is 1. The van der Waals surface area contributed by atoms with Crippen LogP contribution in [0.5, 0.6) is 0 Å². The van der Waals surface area contributed by atoms with Crippen LogP contribution in [-0.2, 0) is 21.2 Å². The van der Waals surface area contributed by atoms with E-state index in [4.69, 9.17) is 0 Å². The number of anilines is 3. The van der Waals surface area contributed by atoms with Gasteiger partial charge in [-0.05, 0) is 42.3 Å². The summed E-state index contributed by atoms with van der Waals surface area (Å²) in [6.45, 7) is 2.94. The number of fused-ring (bicyclic) bond motifs is 1. The van der Waals surface area contributed by atoms with Crippen molar-refractivity contribution in [1.29, 1.82) is 0 Å². The Bertz CT molecular complexity index is 911. The van der Waals surface area contributed by atoms with E-state index in [0.29, 0.717) is 17.1 Å². The first-order valence-corrected chi connectivity index (χ1v) is 10.0. The molecule has 1 aromatic heterocycles. The fourth-order valence-electron chi connectivity index (χ4n) is 2.78. The number of nitrogens with zero attached hydrogens (tertiary/aromatic N) is 2. The van der Waals surface area contributed by atoms with Crippen molar-refractivity contribution in [3.8, 4) is 0 Å². The van der Waals surface area contributed by atoms with Crippen molar-refractivity contribution in [2.45, 2.75) is 31.1 Å². The van der Waals surface area contributed by atoms with Crippen molar-refractivity contribution in [2.24, 2.45) is 0 Å². The Hall–Kier alpha value is -2.61. The van der Waals surface area contributed by atoms with E-state index >= 15 is 0 Å². The van der Waals surface area contributed by atoms with Crippen LogP contribution in [0.2, 0.25) is 0 Å². The van der Waals surface area contributed by atoms with Crippen LogP contribution < -0.4 is 14.9 Å². The molecule has 0 unspecified atom stereocenters. The molecule has 0 aliphatic carbocycles. The second kappa shape index (κ2) is 7.33. The second-order valence-corrected chi connectivity index (χ2v) is 7.92. The largest absolute Gasteiger partial charge is 0.370 e. The maximum Gasteiger partial charge on any atom is 0.261 e. The van der Waals surface area contributed by atoms with Gasteiger partial charge in [0.2, 0.25) is 5.91 Å². The van der Waals surface area contributed by atoms with E-state index < -0.39 is 10.0 Å². The fraction of sp³-hybridized carbons (Fsp3) is 0.333. The van der Waals surface area contributed by atoms with Gasteiger partial charge < -0.3 is 10.2 Å². The second-order valence-electron chi connectivity index (χ2n) is 6.24. The molecule has 2 heterocycles. The van der Waals surface area contributed by atoms with Crippen molar-refractivity contribution in [2.75, 3.05) is 28.5 Å². The van der Waals surface area contributed by atoms with E-state index in [1.165, 1.54) is 17.2 Å². The smallest absolute Gasteiger partial charge is 0.261 e. The minimum absolute atomic E-state index is 0.0436. The Kier molecular flexibility index (Phi) is 5.13. The van der Waals surface area contributed by atoms with Crippen molar-refractivity contribution in [1.82, 2.24) is 4.98 Å². The highest BCUT2D eigenvalue weighted by Gasteiger charge is 2.26. The first kappa shape index (κ1) is 18.2. The number of likely N-dealkylation sites (N-methyl/N-ethyl adjacent to an activating group) is 1. The Balaban J connectivity index is 1.73. The number of rotatable bonds is 7. The summed E-state index contributed by atoms with van der Waals surface area (Å²) in [6.07, 6.45) is 3.84. The van der Waals surface area contributed by atoms with Gasteiger partial charge >= 0.3 is 0 Å². The summed E-state index contributed by atoms with van der Waals surface area (Å²) in [7, 11) is -2.06. The molecule has 1 aromatic carbocycles. The summed E-state index contributed by atoms with van der Waals surface area (Å²) in [4.78, 5) is 17.6. The number of carbonyl (C=O) groups excluding carboxylic acids is 1. The molecule has 3 rings (SSSR count). The average molecular weight is 374 g/mol. The molecule has 0 saturated heterocycles. The van der Waals surface area contributed by atoms with Crippen LogP contribution in [0.25, 0.3) is 0 Å². The van der Waals surface area contributed by atoms with Crippen LogP contribution in [0.1, 0.15) is 25.3 Å². The Morgan fingerprint density at radius 3 is 2.73 bits per heavy atom. The molecular weight excluding hydrogens is 352 g/mol. The molecule has 26 heavy (non-hydrogen) atoms. The van der Waals surface area contributed by atoms with E-state index in [2.05, 4.69) is 21.9 Å². The number of amides is 1.